The van der Waals surface area contributed by atoms with Gasteiger partial charge in [-0.3, -0.25) is 4.79 Å². The Labute approximate surface area is 207 Å². The predicted molar refractivity (Wildman–Crippen MR) is 126 cm³/mol. The summed E-state index contributed by atoms with van der Waals surface area (Å²) in [5.41, 5.74) is 2.02. The van der Waals surface area contributed by atoms with Crippen molar-refractivity contribution in [2.24, 2.45) is 5.92 Å². The van der Waals surface area contributed by atoms with Crippen LogP contribution in [-0.4, -0.2) is 65.4 Å². The van der Waals surface area contributed by atoms with Gasteiger partial charge < -0.3 is 29.2 Å². The van der Waals surface area contributed by atoms with Crippen LogP contribution in [0.15, 0.2) is 36.5 Å². The molecule has 0 aliphatic carbocycles. The molecule has 2 aliphatic rings. The average Bonchev–Trinajstić information content (AvgIpc) is 3.59. The van der Waals surface area contributed by atoms with Crippen molar-refractivity contribution in [3.05, 3.63) is 48.2 Å². The molecule has 190 valence electrons. The van der Waals surface area contributed by atoms with E-state index in [1.54, 1.807) is 24.4 Å². The minimum Gasteiger partial charge on any atom is -0.467 e. The van der Waals surface area contributed by atoms with Gasteiger partial charge in [-0.05, 0) is 43.2 Å². The maximum atomic E-state index is 13.7. The number of carbonyl (C=O) groups excluding carboxylic acids is 1. The molecular weight excluding hydrogens is 469 g/mol. The Balaban J connectivity index is 1.57. The smallest absolute Gasteiger partial charge is 0.316 e. The largest absolute Gasteiger partial charge is 0.467 e. The molecule has 3 aromatic rings. The second kappa shape index (κ2) is 10.3. The zero-order valence-electron chi connectivity index (χ0n) is 20.1. The number of hydrogen-bond donors (Lipinski definition) is 2. The lowest BCUT2D eigenvalue weighted by molar-refractivity contribution is -0.277. The van der Waals surface area contributed by atoms with Crippen LogP contribution in [0.25, 0.3) is 22.6 Å². The average molecular weight is 498 g/mol. The lowest BCUT2D eigenvalue weighted by Gasteiger charge is -2.36. The number of aromatic nitrogens is 4. The Morgan fingerprint density at radius 2 is 2.00 bits per heavy atom. The Morgan fingerprint density at radius 1 is 1.22 bits per heavy atom. The minimum absolute atomic E-state index is 0.0519. The lowest BCUT2D eigenvalue weighted by Crippen LogP contribution is -2.54. The predicted octanol–water partition coefficient (Wildman–Crippen LogP) is 2.81. The molecule has 1 unspecified atom stereocenters. The van der Waals surface area contributed by atoms with E-state index in [2.05, 4.69) is 20.3 Å². The summed E-state index contributed by atoms with van der Waals surface area (Å²) in [5, 5.41) is 2.91. The number of hydrogen-bond acceptors (Lipinski definition) is 8. The second-order valence-electron chi connectivity index (χ2n) is 8.93. The van der Waals surface area contributed by atoms with Gasteiger partial charge in [0.05, 0.1) is 43.5 Å². The highest BCUT2D eigenvalue weighted by Crippen LogP contribution is 2.37. The Hall–Kier alpha value is -3.41. The molecule has 2 fully saturated rings. The number of imidazole rings is 1. The number of nitrogens with zero attached hydrogens (tertiary/aromatic N) is 3. The van der Waals surface area contributed by atoms with Crippen LogP contribution in [0.1, 0.15) is 25.6 Å². The van der Waals surface area contributed by atoms with Crippen molar-refractivity contribution in [3.8, 4) is 28.7 Å². The van der Waals surface area contributed by atoms with Gasteiger partial charge in [-0.25, -0.2) is 14.4 Å². The second-order valence-corrected chi connectivity index (χ2v) is 8.93. The fourth-order valence-electron chi connectivity index (χ4n) is 4.22. The minimum atomic E-state index is -1.80. The highest BCUT2D eigenvalue weighted by atomic mass is 19.1. The number of carbonyl (C=O) groups is 1. The molecule has 0 saturated carbocycles. The van der Waals surface area contributed by atoms with Gasteiger partial charge in [0.25, 0.3) is 5.91 Å². The number of methoxy groups -OCH3 is 1. The van der Waals surface area contributed by atoms with Crippen LogP contribution in [0.5, 0.6) is 6.01 Å². The third-order valence-corrected chi connectivity index (χ3v) is 6.16. The highest BCUT2D eigenvalue weighted by Gasteiger charge is 2.49. The molecular formula is C25H28FN5O5. The van der Waals surface area contributed by atoms with Gasteiger partial charge in [-0.2, -0.15) is 4.98 Å². The highest BCUT2D eigenvalue weighted by molar-refractivity contribution is 5.86. The molecule has 4 heterocycles. The van der Waals surface area contributed by atoms with Crippen LogP contribution in [0, 0.1) is 11.7 Å². The van der Waals surface area contributed by atoms with Crippen LogP contribution < -0.4 is 10.1 Å². The standard InChI is InChI=1S/C25H28FN5O5/c1-15-13-35-25(36-14-15,23(32)28-12-18-4-3-11-34-18)22-30-20(16-5-7-17(26)8-6-16)21(31-22)19-9-10-27-24(29-19)33-2/h5-10,15,18H,3-4,11-14H2,1-2H3,(H,28,32)(H,30,31). The molecule has 1 atom stereocenters. The summed E-state index contributed by atoms with van der Waals surface area (Å²) >= 11 is 0. The van der Waals surface area contributed by atoms with E-state index >= 15 is 0 Å². The van der Waals surface area contributed by atoms with Crippen LogP contribution in [-0.2, 0) is 24.8 Å². The summed E-state index contributed by atoms with van der Waals surface area (Å²) < 4.78 is 36.6. The summed E-state index contributed by atoms with van der Waals surface area (Å²) in [5.74, 6) is -2.39. The lowest BCUT2D eigenvalue weighted by atomic mass is 10.1. The van der Waals surface area contributed by atoms with Crippen LogP contribution in [0.4, 0.5) is 4.39 Å². The van der Waals surface area contributed by atoms with Gasteiger partial charge in [0.15, 0.2) is 5.82 Å². The number of amides is 1. The molecule has 36 heavy (non-hydrogen) atoms. The van der Waals surface area contributed by atoms with Gasteiger partial charge in [-0.15, -0.1) is 0 Å². The maximum absolute atomic E-state index is 13.7. The van der Waals surface area contributed by atoms with Gasteiger partial charge in [0.1, 0.15) is 5.82 Å². The van der Waals surface area contributed by atoms with E-state index in [9.17, 15) is 9.18 Å². The molecule has 10 nitrogen and oxygen atoms in total. The molecule has 5 rings (SSSR count). The maximum Gasteiger partial charge on any atom is 0.316 e. The van der Waals surface area contributed by atoms with Crippen LogP contribution in [0.2, 0.25) is 0 Å². The summed E-state index contributed by atoms with van der Waals surface area (Å²) in [7, 11) is 1.47. The number of halogens is 1. The van der Waals surface area contributed by atoms with Crippen molar-refractivity contribution < 1.29 is 28.1 Å². The number of aromatic amines is 1. The molecule has 1 amide bonds. The van der Waals surface area contributed by atoms with Crippen molar-refractivity contribution in [3.63, 3.8) is 0 Å². The number of ether oxygens (including phenoxy) is 4. The van der Waals surface area contributed by atoms with Crippen molar-refractivity contribution in [2.45, 2.75) is 31.7 Å². The fourth-order valence-corrected chi connectivity index (χ4v) is 4.22. The first-order valence-corrected chi connectivity index (χ1v) is 11.9. The molecule has 2 saturated heterocycles. The molecule has 0 spiro atoms. The van der Waals surface area contributed by atoms with E-state index in [4.69, 9.17) is 23.9 Å². The van der Waals surface area contributed by atoms with E-state index in [0.717, 1.165) is 12.8 Å². The summed E-state index contributed by atoms with van der Waals surface area (Å²) in [6.45, 7) is 3.59. The first kappa shape index (κ1) is 24.3. The van der Waals surface area contributed by atoms with Crippen molar-refractivity contribution in [1.82, 2.24) is 25.3 Å². The van der Waals surface area contributed by atoms with Crippen molar-refractivity contribution in [2.75, 3.05) is 33.5 Å². The Morgan fingerprint density at radius 3 is 2.69 bits per heavy atom. The summed E-state index contributed by atoms with van der Waals surface area (Å²) in [6.07, 6.45) is 3.33. The topological polar surface area (TPSA) is 120 Å². The molecule has 1 aromatic carbocycles. The zero-order chi connectivity index (χ0) is 25.1. The quantitative estimate of drug-likeness (QED) is 0.511. The van der Waals surface area contributed by atoms with Gasteiger partial charge >= 0.3 is 11.8 Å². The third-order valence-electron chi connectivity index (χ3n) is 6.16. The molecule has 2 aliphatic heterocycles. The molecule has 2 N–H and O–H groups in total. The molecule has 11 heteroatoms. The van der Waals surface area contributed by atoms with E-state index in [-0.39, 0.29) is 29.7 Å². The van der Waals surface area contributed by atoms with Crippen LogP contribution in [0.3, 0.4) is 0 Å². The van der Waals surface area contributed by atoms with E-state index in [1.165, 1.54) is 19.2 Å². The van der Waals surface area contributed by atoms with Gasteiger partial charge in [0, 0.05) is 30.8 Å². The normalized spacial score (nSPS) is 24.0. The van der Waals surface area contributed by atoms with Crippen molar-refractivity contribution >= 4 is 5.91 Å². The number of nitrogens with one attached hydrogen (secondary N) is 2. The van der Waals surface area contributed by atoms with Crippen molar-refractivity contribution in [1.29, 1.82) is 0 Å². The van der Waals surface area contributed by atoms with Gasteiger partial charge in [0.2, 0.25) is 0 Å². The molecule has 0 radical (unpaired) electrons. The molecule has 0 bridgehead atoms. The first-order chi connectivity index (χ1) is 17.5. The van der Waals surface area contributed by atoms with E-state index < -0.39 is 11.7 Å². The first-order valence-electron chi connectivity index (χ1n) is 11.9. The monoisotopic (exact) mass is 497 g/mol. The number of benzene rings is 1. The van der Waals surface area contributed by atoms with E-state index in [0.29, 0.717) is 49.0 Å². The van der Waals surface area contributed by atoms with Crippen LogP contribution >= 0.6 is 0 Å². The SMILES string of the molecule is COc1nccc(-c2[nH]c(C3(C(=O)NCC4CCCO4)OCC(C)CO3)nc2-c2ccc(F)cc2)n1. The van der Waals surface area contributed by atoms with E-state index in [1.807, 2.05) is 6.92 Å². The Kier molecular flexibility index (Phi) is 6.95. The fraction of sp³-hybridized carbons (Fsp3) is 0.440. The zero-order valence-corrected chi connectivity index (χ0v) is 20.1. The Bertz CT molecular complexity index is 1200. The van der Waals surface area contributed by atoms with Gasteiger partial charge in [-0.1, -0.05) is 6.92 Å². The number of rotatable bonds is 7. The summed E-state index contributed by atoms with van der Waals surface area (Å²) in [4.78, 5) is 30.0. The number of H-pyrrole nitrogens is 1. The molecule has 2 aromatic heterocycles. The third kappa shape index (κ3) is 4.81. The summed E-state index contributed by atoms with van der Waals surface area (Å²) in [6, 6.07) is 7.73.